The van der Waals surface area contributed by atoms with Crippen LogP contribution >= 0.6 is 11.6 Å². The number of benzene rings is 2. The Bertz CT molecular complexity index is 996. The molecule has 1 fully saturated rings. The van der Waals surface area contributed by atoms with Crippen LogP contribution in [0.4, 0.5) is 0 Å². The number of nitrogens with zero attached hydrogens (tertiary/aromatic N) is 2. The topological polar surface area (TPSA) is 51.1 Å². The number of hydrazone groups is 1. The Morgan fingerprint density at radius 2 is 1.71 bits per heavy atom. The summed E-state index contributed by atoms with van der Waals surface area (Å²) in [6, 6.07) is 15.7. The molecule has 1 aliphatic carbocycles. The second kappa shape index (κ2) is 9.15. The number of amides is 1. The van der Waals surface area contributed by atoms with Gasteiger partial charge in [-0.1, -0.05) is 24.3 Å². The molecule has 0 bridgehead atoms. The van der Waals surface area contributed by atoms with Crippen molar-refractivity contribution < 1.29 is 14.3 Å². The van der Waals surface area contributed by atoms with Gasteiger partial charge in [-0.15, -0.1) is 11.6 Å². The van der Waals surface area contributed by atoms with Crippen LogP contribution in [0.15, 0.2) is 59.2 Å². The number of ether oxygens (including phenoxy) is 2. The summed E-state index contributed by atoms with van der Waals surface area (Å²) < 4.78 is 10.6. The van der Waals surface area contributed by atoms with Gasteiger partial charge in [-0.25, -0.2) is 5.01 Å². The van der Waals surface area contributed by atoms with Crippen molar-refractivity contribution in [1.82, 2.24) is 5.01 Å². The lowest BCUT2D eigenvalue weighted by Crippen LogP contribution is -2.35. The van der Waals surface area contributed by atoms with Crippen LogP contribution in [-0.4, -0.2) is 36.2 Å². The van der Waals surface area contributed by atoms with E-state index in [0.717, 1.165) is 47.6 Å². The van der Waals surface area contributed by atoms with Crippen molar-refractivity contribution in [1.29, 1.82) is 0 Å². The maximum Gasteiger partial charge on any atom is 0.261 e. The van der Waals surface area contributed by atoms with Crippen LogP contribution < -0.4 is 9.47 Å². The zero-order valence-corrected chi connectivity index (χ0v) is 18.8. The fourth-order valence-electron chi connectivity index (χ4n) is 4.40. The highest BCUT2D eigenvalue weighted by atomic mass is 35.5. The van der Waals surface area contributed by atoms with Gasteiger partial charge in [0.2, 0.25) is 0 Å². The maximum absolute atomic E-state index is 13.0. The highest BCUT2D eigenvalue weighted by molar-refractivity contribution is 6.30. The van der Waals surface area contributed by atoms with E-state index in [1.807, 2.05) is 48.5 Å². The average molecular weight is 439 g/mol. The van der Waals surface area contributed by atoms with Crippen LogP contribution in [0.25, 0.3) is 6.08 Å². The first kappa shape index (κ1) is 21.4. The summed E-state index contributed by atoms with van der Waals surface area (Å²) in [5.41, 5.74) is 4.31. The molecule has 1 saturated carbocycles. The molecule has 31 heavy (non-hydrogen) atoms. The summed E-state index contributed by atoms with van der Waals surface area (Å²) in [5.74, 6) is 1.59. The third kappa shape index (κ3) is 4.33. The van der Waals surface area contributed by atoms with Gasteiger partial charge in [-0.05, 0) is 73.2 Å². The predicted molar refractivity (Wildman–Crippen MR) is 124 cm³/mol. The van der Waals surface area contributed by atoms with Gasteiger partial charge >= 0.3 is 0 Å². The highest BCUT2D eigenvalue weighted by Crippen LogP contribution is 2.45. The molecule has 2 aliphatic rings. The lowest BCUT2D eigenvalue weighted by Gasteiger charge is -2.30. The molecule has 1 aliphatic heterocycles. The van der Waals surface area contributed by atoms with Crippen molar-refractivity contribution in [3.05, 3.63) is 65.2 Å². The molecule has 0 N–H and O–H groups in total. The Morgan fingerprint density at radius 3 is 2.29 bits per heavy atom. The average Bonchev–Trinajstić information content (AvgIpc) is 3.19. The zero-order chi connectivity index (χ0) is 22.0. The number of allylic oxidation sites excluding steroid dienone is 1. The molecule has 2 aromatic rings. The first-order valence-corrected chi connectivity index (χ1v) is 11.0. The van der Waals surface area contributed by atoms with Gasteiger partial charge < -0.3 is 9.47 Å². The van der Waals surface area contributed by atoms with Crippen molar-refractivity contribution in [2.45, 2.75) is 37.6 Å². The van der Waals surface area contributed by atoms with Gasteiger partial charge in [0, 0.05) is 5.92 Å². The fourth-order valence-corrected chi connectivity index (χ4v) is 4.50. The van der Waals surface area contributed by atoms with Gasteiger partial charge in [-0.2, -0.15) is 5.10 Å². The largest absolute Gasteiger partial charge is 0.497 e. The highest BCUT2D eigenvalue weighted by Gasteiger charge is 2.44. The number of alkyl halides is 1. The predicted octanol–water partition coefficient (Wildman–Crippen LogP) is 5.45. The second-order valence-electron chi connectivity index (χ2n) is 7.94. The van der Waals surface area contributed by atoms with Gasteiger partial charge in [0.25, 0.3) is 5.91 Å². The van der Waals surface area contributed by atoms with E-state index in [9.17, 15) is 4.79 Å². The third-order valence-electron chi connectivity index (χ3n) is 5.98. The number of carbonyl (C=O) groups excluding carboxylic acids is 1. The SMILES string of the molecule is COc1ccc(/C=C2\CCC[C@@H]3C2=NN(C(=O)[C@H](C)Cl)[C@H]3c2ccc(OC)cc2)cc1. The lowest BCUT2D eigenvalue weighted by atomic mass is 9.77. The Labute approximate surface area is 188 Å². The molecule has 3 atom stereocenters. The van der Waals surface area contributed by atoms with Crippen LogP contribution in [0.2, 0.25) is 0 Å². The molecule has 0 saturated heterocycles. The van der Waals surface area contributed by atoms with E-state index < -0.39 is 5.38 Å². The van der Waals surface area contributed by atoms with Gasteiger partial charge in [0.15, 0.2) is 0 Å². The molecule has 162 valence electrons. The Kier molecular flexibility index (Phi) is 6.33. The van der Waals surface area contributed by atoms with E-state index in [2.05, 4.69) is 6.08 Å². The smallest absolute Gasteiger partial charge is 0.261 e. The number of rotatable bonds is 5. The lowest BCUT2D eigenvalue weighted by molar-refractivity contribution is -0.132. The van der Waals surface area contributed by atoms with E-state index in [-0.39, 0.29) is 17.9 Å². The van der Waals surface area contributed by atoms with E-state index in [4.69, 9.17) is 26.2 Å². The second-order valence-corrected chi connectivity index (χ2v) is 8.60. The monoisotopic (exact) mass is 438 g/mol. The molecule has 0 unspecified atom stereocenters. The van der Waals surface area contributed by atoms with Gasteiger partial charge in [-0.3, -0.25) is 4.79 Å². The number of methoxy groups -OCH3 is 2. The van der Waals surface area contributed by atoms with Crippen molar-refractivity contribution in [3.63, 3.8) is 0 Å². The standard InChI is InChI=1S/C25H27ClN2O3/c1-16(26)25(29)28-24(18-9-13-21(31-3)14-10-18)22-6-4-5-19(23(22)27-28)15-17-7-11-20(30-2)12-8-17/h7-16,22,24H,4-6H2,1-3H3/b19-15+/t16-,22+,24-/m0/s1. The molecule has 0 spiro atoms. The molecule has 1 amide bonds. The first-order chi connectivity index (χ1) is 15.0. The molecule has 1 heterocycles. The van der Waals surface area contributed by atoms with E-state index in [1.165, 1.54) is 5.57 Å². The normalized spacial score (nSPS) is 22.6. The van der Waals surface area contributed by atoms with E-state index >= 15 is 0 Å². The van der Waals surface area contributed by atoms with Gasteiger partial charge in [0.05, 0.1) is 26.0 Å². The summed E-state index contributed by atoms with van der Waals surface area (Å²) in [7, 11) is 3.31. The molecule has 6 heteroatoms. The molecular weight excluding hydrogens is 412 g/mol. The number of carbonyl (C=O) groups is 1. The number of hydrogen-bond donors (Lipinski definition) is 0. The van der Waals surface area contributed by atoms with Crippen molar-refractivity contribution >= 4 is 29.3 Å². The van der Waals surface area contributed by atoms with Gasteiger partial charge in [0.1, 0.15) is 16.9 Å². The van der Waals surface area contributed by atoms with E-state index in [0.29, 0.717) is 0 Å². The quantitative estimate of drug-likeness (QED) is 0.583. The molecule has 5 nitrogen and oxygen atoms in total. The fraction of sp³-hybridized carbons (Fsp3) is 0.360. The minimum Gasteiger partial charge on any atom is -0.497 e. The summed E-state index contributed by atoms with van der Waals surface area (Å²) in [4.78, 5) is 13.0. The Hall–Kier alpha value is -2.79. The molecular formula is C25H27ClN2O3. The molecule has 0 aromatic heterocycles. The Balaban J connectivity index is 1.71. The molecule has 4 rings (SSSR count). The summed E-state index contributed by atoms with van der Waals surface area (Å²) >= 11 is 6.19. The first-order valence-electron chi connectivity index (χ1n) is 10.6. The minimum absolute atomic E-state index is 0.144. The minimum atomic E-state index is -0.640. The molecule has 0 radical (unpaired) electrons. The third-order valence-corrected chi connectivity index (χ3v) is 6.17. The molecule has 2 aromatic carbocycles. The van der Waals surface area contributed by atoms with Crippen LogP contribution in [0.5, 0.6) is 11.5 Å². The van der Waals surface area contributed by atoms with Crippen molar-refractivity contribution in [2.75, 3.05) is 14.2 Å². The van der Waals surface area contributed by atoms with Crippen LogP contribution in [0.1, 0.15) is 43.4 Å². The van der Waals surface area contributed by atoms with Crippen LogP contribution in [0.3, 0.4) is 0 Å². The number of hydrogen-bond acceptors (Lipinski definition) is 4. The number of halogens is 1. The maximum atomic E-state index is 13.0. The van der Waals surface area contributed by atoms with Crippen LogP contribution in [0, 0.1) is 5.92 Å². The van der Waals surface area contributed by atoms with E-state index in [1.54, 1.807) is 26.2 Å². The zero-order valence-electron chi connectivity index (χ0n) is 18.0. The van der Waals surface area contributed by atoms with Crippen molar-refractivity contribution in [3.8, 4) is 11.5 Å². The summed E-state index contributed by atoms with van der Waals surface area (Å²) in [6.45, 7) is 1.70. The summed E-state index contributed by atoms with van der Waals surface area (Å²) in [5, 5.41) is 5.80. The van der Waals surface area contributed by atoms with Crippen LogP contribution in [-0.2, 0) is 4.79 Å². The number of fused-ring (bicyclic) bond motifs is 1. The Morgan fingerprint density at radius 1 is 1.10 bits per heavy atom. The van der Waals surface area contributed by atoms with Crippen molar-refractivity contribution in [2.24, 2.45) is 11.0 Å². The summed E-state index contributed by atoms with van der Waals surface area (Å²) in [6.07, 6.45) is 5.15.